The van der Waals surface area contributed by atoms with Crippen LogP contribution in [0.1, 0.15) is 22.3 Å². The molecule has 1 spiro atoms. The Morgan fingerprint density at radius 3 is 1.50 bits per heavy atom. The molecule has 3 nitrogen and oxygen atoms in total. The van der Waals surface area contributed by atoms with Gasteiger partial charge < -0.3 is 14.0 Å². The number of hydrogen-bond acceptors (Lipinski definition) is 1. The van der Waals surface area contributed by atoms with Gasteiger partial charge in [0, 0.05) is 44.2 Å². The summed E-state index contributed by atoms with van der Waals surface area (Å²) in [4.78, 5) is 2.44. The summed E-state index contributed by atoms with van der Waals surface area (Å²) in [5.74, 6) is 0. The molecular weight excluding hydrogens is 991 g/mol. The number of nitrogens with zero attached hydrogens (tertiary/aromatic N) is 3. The van der Waals surface area contributed by atoms with Crippen LogP contribution in [0, 0.1) is 0 Å². The van der Waals surface area contributed by atoms with Crippen LogP contribution in [-0.4, -0.2) is 9.13 Å². The molecule has 13 aromatic carbocycles. The zero-order chi connectivity index (χ0) is 53.9. The number of fused-ring (bicyclic) bond motifs is 15. The lowest BCUT2D eigenvalue weighted by atomic mass is 9.65. The minimum Gasteiger partial charge on any atom is -0.310 e. The smallest absolute Gasteiger partial charge is 0.0754 e. The molecule has 0 saturated carbocycles. The molecule has 2 aromatic heterocycles. The Morgan fingerprint density at radius 2 is 0.756 bits per heavy atom. The zero-order valence-electron chi connectivity index (χ0n) is 44.8. The zero-order valence-corrected chi connectivity index (χ0v) is 44.8. The van der Waals surface area contributed by atoms with Crippen LogP contribution < -0.4 is 4.90 Å². The Hall–Kier alpha value is -10.7. The minimum absolute atomic E-state index is 0.530. The van der Waals surface area contributed by atoms with E-state index in [1.54, 1.807) is 0 Å². The number of para-hydroxylation sites is 6. The molecule has 1 aliphatic carbocycles. The summed E-state index contributed by atoms with van der Waals surface area (Å²) >= 11 is 0. The van der Waals surface area contributed by atoms with Crippen LogP contribution >= 0.6 is 0 Å². The van der Waals surface area contributed by atoms with Crippen LogP contribution in [0.4, 0.5) is 17.1 Å². The molecule has 0 saturated heterocycles. The molecule has 15 aromatic rings. The molecule has 382 valence electrons. The first-order chi connectivity index (χ1) is 40.7. The fraction of sp³-hybridized carbons (Fsp3) is 0.0127. The molecule has 1 aliphatic heterocycles. The molecule has 2 aliphatic rings. The molecule has 82 heavy (non-hydrogen) atoms. The highest BCUT2D eigenvalue weighted by molar-refractivity contribution is 6.13. The molecule has 1 unspecified atom stereocenters. The Labute approximate surface area is 476 Å². The van der Waals surface area contributed by atoms with Gasteiger partial charge in [0.2, 0.25) is 0 Å². The van der Waals surface area contributed by atoms with Gasteiger partial charge in [0.25, 0.3) is 0 Å². The second-order valence-corrected chi connectivity index (χ2v) is 21.9. The summed E-state index contributed by atoms with van der Waals surface area (Å²) in [5.41, 5.74) is 27.3. The van der Waals surface area contributed by atoms with E-state index in [1.807, 2.05) is 0 Å². The molecule has 0 fully saturated rings. The highest BCUT2D eigenvalue weighted by atomic mass is 15.1. The molecule has 0 N–H and O–H groups in total. The van der Waals surface area contributed by atoms with Crippen LogP contribution in [0.15, 0.2) is 309 Å². The summed E-state index contributed by atoms with van der Waals surface area (Å²) in [7, 11) is 0. The quantitative estimate of drug-likeness (QED) is 0.148. The van der Waals surface area contributed by atoms with Crippen molar-refractivity contribution >= 4 is 60.7 Å². The van der Waals surface area contributed by atoms with Crippen molar-refractivity contribution in [3.05, 3.63) is 332 Å². The third kappa shape index (κ3) is 6.71. The van der Waals surface area contributed by atoms with Gasteiger partial charge in [-0.25, -0.2) is 0 Å². The van der Waals surface area contributed by atoms with E-state index in [-0.39, 0.29) is 0 Å². The molecule has 1 atom stereocenters. The maximum Gasteiger partial charge on any atom is 0.0754 e. The van der Waals surface area contributed by atoms with E-state index in [1.165, 1.54) is 110 Å². The maximum absolute atomic E-state index is 2.52. The first-order valence-electron chi connectivity index (χ1n) is 28.4. The molecule has 3 heterocycles. The van der Waals surface area contributed by atoms with Gasteiger partial charge in [0.05, 0.1) is 38.9 Å². The van der Waals surface area contributed by atoms with Crippen molar-refractivity contribution in [3.63, 3.8) is 0 Å². The molecule has 0 bridgehead atoms. The fourth-order valence-electron chi connectivity index (χ4n) is 14.3. The van der Waals surface area contributed by atoms with E-state index in [2.05, 4.69) is 323 Å². The fourth-order valence-corrected chi connectivity index (χ4v) is 14.3. The number of rotatable bonds is 8. The van der Waals surface area contributed by atoms with Crippen LogP contribution in [0.5, 0.6) is 0 Å². The standard InChI is InChI=1S/C79H51N3/c1-3-20-54(21-4-1)60-24-7-8-25-61(60)64-27-10-15-34-73(64)80(58-44-38-52(39-45-58)55-43-49-76-68(50-55)66-29-12-16-35-74(66)81(76)57-22-5-2-6-23-57)59-46-40-53(41-47-59)56-42-48-63-62-26-9-13-31-69(62)79(72(63)51-56)70-32-14-18-37-77(70)82-75-36-17-11-28-65(75)67-30-19-33-71(79)78(67)82/h1-51H. The van der Waals surface area contributed by atoms with Crippen LogP contribution in [0.25, 0.3) is 111 Å². The maximum atomic E-state index is 2.52. The van der Waals surface area contributed by atoms with Crippen LogP contribution in [0.2, 0.25) is 0 Å². The lowest BCUT2D eigenvalue weighted by molar-refractivity contribution is 0.749. The van der Waals surface area contributed by atoms with Crippen molar-refractivity contribution < 1.29 is 0 Å². The molecular formula is C79H51N3. The molecule has 3 heteroatoms. The predicted molar refractivity (Wildman–Crippen MR) is 342 cm³/mol. The summed E-state index contributed by atoms with van der Waals surface area (Å²) in [6.45, 7) is 0. The van der Waals surface area contributed by atoms with E-state index >= 15 is 0 Å². The van der Waals surface area contributed by atoms with Gasteiger partial charge in [-0.3, -0.25) is 0 Å². The lowest BCUT2D eigenvalue weighted by Gasteiger charge is -2.39. The topological polar surface area (TPSA) is 13.1 Å². The Kier molecular flexibility index (Phi) is 10.2. The summed E-state index contributed by atoms with van der Waals surface area (Å²) < 4.78 is 4.90. The van der Waals surface area contributed by atoms with Gasteiger partial charge in [-0.05, 0) is 151 Å². The third-order valence-electron chi connectivity index (χ3n) is 17.7. The number of aromatic nitrogens is 2. The molecule has 0 amide bonds. The monoisotopic (exact) mass is 1040 g/mol. The first-order valence-corrected chi connectivity index (χ1v) is 28.4. The van der Waals surface area contributed by atoms with E-state index in [9.17, 15) is 0 Å². The van der Waals surface area contributed by atoms with E-state index in [4.69, 9.17) is 0 Å². The number of anilines is 3. The Morgan fingerprint density at radius 1 is 0.256 bits per heavy atom. The van der Waals surface area contributed by atoms with Crippen molar-refractivity contribution in [2.24, 2.45) is 0 Å². The Bertz CT molecular complexity index is 5030. The van der Waals surface area contributed by atoms with Crippen molar-refractivity contribution in [2.45, 2.75) is 5.41 Å². The second kappa shape index (κ2) is 18.2. The average Bonchev–Trinajstić information content (AvgIpc) is 2.86. The predicted octanol–water partition coefficient (Wildman–Crippen LogP) is 20.7. The van der Waals surface area contributed by atoms with E-state index in [0.29, 0.717) is 0 Å². The minimum atomic E-state index is -0.530. The Balaban J connectivity index is 0.809. The number of hydrogen-bond donors (Lipinski definition) is 0. The van der Waals surface area contributed by atoms with Crippen molar-refractivity contribution in [1.29, 1.82) is 0 Å². The highest BCUT2D eigenvalue weighted by Gasteiger charge is 2.51. The second-order valence-electron chi connectivity index (χ2n) is 21.9. The van der Waals surface area contributed by atoms with Gasteiger partial charge in [0.1, 0.15) is 0 Å². The summed E-state index contributed by atoms with van der Waals surface area (Å²) in [6, 6.07) is 115. The van der Waals surface area contributed by atoms with Gasteiger partial charge in [0.15, 0.2) is 0 Å². The van der Waals surface area contributed by atoms with Gasteiger partial charge in [-0.2, -0.15) is 0 Å². The molecule has 0 radical (unpaired) electrons. The molecule has 17 rings (SSSR count). The number of benzene rings is 13. The third-order valence-corrected chi connectivity index (χ3v) is 17.7. The first kappa shape index (κ1) is 46.2. The highest BCUT2D eigenvalue weighted by Crippen LogP contribution is 2.61. The van der Waals surface area contributed by atoms with Crippen molar-refractivity contribution in [2.75, 3.05) is 4.90 Å². The SMILES string of the molecule is c1ccc(-c2ccccc2-c2ccccc2N(c2ccc(-c3ccc4c(c3)C3(c5ccccc5-4)c4ccccc4-n4c5ccccc5c5cccc3c54)cc2)c2ccc(-c3ccc4c(c3)c3ccccc3n4-c3ccccc3)cc2)cc1. The van der Waals surface area contributed by atoms with E-state index < -0.39 is 5.41 Å². The van der Waals surface area contributed by atoms with Crippen molar-refractivity contribution in [3.8, 4) is 67.0 Å². The largest absolute Gasteiger partial charge is 0.310 e. The lowest BCUT2D eigenvalue weighted by Crippen LogP contribution is -2.33. The summed E-state index contributed by atoms with van der Waals surface area (Å²) in [5, 5.41) is 5.05. The van der Waals surface area contributed by atoms with Gasteiger partial charge >= 0.3 is 0 Å². The average molecular weight is 1040 g/mol. The normalized spacial score (nSPS) is 13.9. The van der Waals surface area contributed by atoms with Crippen LogP contribution in [0.3, 0.4) is 0 Å². The summed E-state index contributed by atoms with van der Waals surface area (Å²) in [6.07, 6.45) is 0. The van der Waals surface area contributed by atoms with E-state index in [0.717, 1.165) is 39.4 Å². The van der Waals surface area contributed by atoms with Gasteiger partial charge in [-0.1, -0.05) is 231 Å². The van der Waals surface area contributed by atoms with Gasteiger partial charge in [-0.15, -0.1) is 0 Å². The van der Waals surface area contributed by atoms with Crippen LogP contribution in [-0.2, 0) is 5.41 Å². The van der Waals surface area contributed by atoms with Crippen molar-refractivity contribution in [1.82, 2.24) is 9.13 Å².